The summed E-state index contributed by atoms with van der Waals surface area (Å²) in [5.74, 6) is -0.212. The van der Waals surface area contributed by atoms with Crippen molar-refractivity contribution in [2.24, 2.45) is 0 Å². The summed E-state index contributed by atoms with van der Waals surface area (Å²) in [5, 5.41) is 9.38. The van der Waals surface area contributed by atoms with Gasteiger partial charge in [0.15, 0.2) is 0 Å². The molecule has 0 aliphatic rings. The van der Waals surface area contributed by atoms with Crippen LogP contribution in [-0.2, 0) is 14.3 Å². The van der Waals surface area contributed by atoms with E-state index in [-0.39, 0.29) is 12.6 Å². The molecule has 4 nitrogen and oxygen atoms in total. The van der Waals surface area contributed by atoms with Gasteiger partial charge in [0.2, 0.25) is 0 Å². The first-order valence-corrected chi connectivity index (χ1v) is 13.6. The summed E-state index contributed by atoms with van der Waals surface area (Å²) in [5.41, 5.74) is 0. The minimum absolute atomic E-state index is 0.166. The van der Waals surface area contributed by atoms with E-state index in [1.54, 1.807) is 0 Å². The smallest absolute Gasteiger partial charge is 0.306 e. The number of aliphatic hydroxyl groups is 1. The van der Waals surface area contributed by atoms with Gasteiger partial charge in [-0.1, -0.05) is 123 Å². The molecule has 0 aromatic carbocycles. The Hall–Kier alpha value is -0.610. The maximum Gasteiger partial charge on any atom is 0.306 e. The molecule has 186 valence electrons. The van der Waals surface area contributed by atoms with Gasteiger partial charge in [-0.25, -0.2) is 0 Å². The topological polar surface area (TPSA) is 55.8 Å². The zero-order valence-electron chi connectivity index (χ0n) is 21.0. The lowest BCUT2D eigenvalue weighted by Gasteiger charge is -2.15. The second-order valence-electron chi connectivity index (χ2n) is 9.13. The third-order valence-electron chi connectivity index (χ3n) is 5.93. The number of rotatable bonds is 25. The molecule has 1 atom stereocenters. The van der Waals surface area contributed by atoms with Gasteiger partial charge >= 0.3 is 5.97 Å². The molecule has 0 saturated heterocycles. The van der Waals surface area contributed by atoms with Crippen molar-refractivity contribution >= 4 is 5.97 Å². The van der Waals surface area contributed by atoms with E-state index in [1.165, 1.54) is 103 Å². The molecule has 0 heterocycles. The lowest BCUT2D eigenvalue weighted by Crippen LogP contribution is -2.27. The molecule has 0 amide bonds. The van der Waals surface area contributed by atoms with E-state index in [2.05, 4.69) is 13.8 Å². The van der Waals surface area contributed by atoms with Gasteiger partial charge in [0, 0.05) is 13.0 Å². The molecule has 0 aromatic rings. The van der Waals surface area contributed by atoms with Crippen LogP contribution in [0.15, 0.2) is 0 Å². The van der Waals surface area contributed by atoms with Crippen LogP contribution in [0.4, 0.5) is 0 Å². The van der Waals surface area contributed by atoms with Crippen molar-refractivity contribution in [1.82, 2.24) is 0 Å². The first kappa shape index (κ1) is 30.4. The van der Waals surface area contributed by atoms with Crippen molar-refractivity contribution in [3.8, 4) is 0 Å². The summed E-state index contributed by atoms with van der Waals surface area (Å²) in [4.78, 5) is 11.8. The number of unbranched alkanes of at least 4 members (excludes halogenated alkanes) is 17. The Balaban J connectivity index is 3.36. The standard InChI is InChI=1S/C27H54O4/c1-3-5-7-9-10-11-12-13-14-15-16-17-19-21-23-30-25-26(24-28)31-27(29)22-20-18-8-6-4-2/h26,28H,3-25H2,1-2H3. The minimum atomic E-state index is -0.519. The molecular formula is C27H54O4. The monoisotopic (exact) mass is 442 g/mol. The van der Waals surface area contributed by atoms with Gasteiger partial charge in [-0.3, -0.25) is 4.79 Å². The normalized spacial score (nSPS) is 12.2. The summed E-state index contributed by atoms with van der Waals surface area (Å²) in [6, 6.07) is 0. The zero-order valence-corrected chi connectivity index (χ0v) is 21.0. The van der Waals surface area contributed by atoms with E-state index >= 15 is 0 Å². The van der Waals surface area contributed by atoms with E-state index in [4.69, 9.17) is 9.47 Å². The molecule has 31 heavy (non-hydrogen) atoms. The summed E-state index contributed by atoms with van der Waals surface area (Å²) >= 11 is 0. The molecule has 1 N–H and O–H groups in total. The second kappa shape index (κ2) is 25.6. The largest absolute Gasteiger partial charge is 0.457 e. The van der Waals surface area contributed by atoms with Gasteiger partial charge in [0.1, 0.15) is 6.10 Å². The third kappa shape index (κ3) is 23.9. The number of carbonyl (C=O) groups is 1. The molecule has 0 aromatic heterocycles. The van der Waals surface area contributed by atoms with Crippen LogP contribution in [0.5, 0.6) is 0 Å². The van der Waals surface area contributed by atoms with E-state index in [1.807, 2.05) is 0 Å². The molecule has 0 radical (unpaired) electrons. The highest BCUT2D eigenvalue weighted by atomic mass is 16.6. The van der Waals surface area contributed by atoms with Crippen molar-refractivity contribution in [1.29, 1.82) is 0 Å². The SMILES string of the molecule is CCCCCCCCCCCCCCCCOCC(CO)OC(=O)CCCCCCC. The highest BCUT2D eigenvalue weighted by Crippen LogP contribution is 2.13. The fourth-order valence-corrected chi connectivity index (χ4v) is 3.86. The second-order valence-corrected chi connectivity index (χ2v) is 9.13. The van der Waals surface area contributed by atoms with Crippen molar-refractivity contribution in [3.05, 3.63) is 0 Å². The van der Waals surface area contributed by atoms with Crippen molar-refractivity contribution in [3.63, 3.8) is 0 Å². The number of hydrogen-bond donors (Lipinski definition) is 1. The Labute approximate surface area is 193 Å². The quantitative estimate of drug-likeness (QED) is 0.116. The molecule has 0 aliphatic heterocycles. The maximum absolute atomic E-state index is 11.8. The average molecular weight is 443 g/mol. The highest BCUT2D eigenvalue weighted by molar-refractivity contribution is 5.69. The van der Waals surface area contributed by atoms with Gasteiger partial charge in [-0.2, -0.15) is 0 Å². The Morgan fingerprint density at radius 2 is 1.06 bits per heavy atom. The molecule has 0 fully saturated rings. The molecule has 0 bridgehead atoms. The Morgan fingerprint density at radius 3 is 1.52 bits per heavy atom. The van der Waals surface area contributed by atoms with Gasteiger partial charge < -0.3 is 14.6 Å². The molecular weight excluding hydrogens is 388 g/mol. The summed E-state index contributed by atoms with van der Waals surface area (Å²) in [6.07, 6.45) is 24.3. The fraction of sp³-hybridized carbons (Fsp3) is 0.963. The van der Waals surface area contributed by atoms with Crippen LogP contribution in [0.2, 0.25) is 0 Å². The van der Waals surface area contributed by atoms with Crippen molar-refractivity contribution in [2.45, 2.75) is 148 Å². The van der Waals surface area contributed by atoms with E-state index in [0.717, 1.165) is 19.3 Å². The van der Waals surface area contributed by atoms with Crippen LogP contribution in [0.25, 0.3) is 0 Å². The minimum Gasteiger partial charge on any atom is -0.457 e. The first-order chi connectivity index (χ1) is 15.2. The molecule has 0 rings (SSSR count). The number of carbonyl (C=O) groups excluding carboxylic acids is 1. The average Bonchev–Trinajstić information content (AvgIpc) is 2.77. The van der Waals surface area contributed by atoms with Crippen molar-refractivity contribution < 1.29 is 19.4 Å². The molecule has 0 spiro atoms. The number of esters is 1. The van der Waals surface area contributed by atoms with Gasteiger partial charge in [-0.15, -0.1) is 0 Å². The van der Waals surface area contributed by atoms with Crippen molar-refractivity contribution in [2.75, 3.05) is 19.8 Å². The lowest BCUT2D eigenvalue weighted by molar-refractivity contribution is -0.154. The Bertz CT molecular complexity index is 359. The lowest BCUT2D eigenvalue weighted by atomic mass is 10.0. The Morgan fingerprint density at radius 1 is 0.645 bits per heavy atom. The predicted octanol–water partition coefficient (Wildman–Crippen LogP) is 7.75. The van der Waals surface area contributed by atoms with E-state index in [9.17, 15) is 9.90 Å². The van der Waals surface area contributed by atoms with Crippen LogP contribution in [0.3, 0.4) is 0 Å². The van der Waals surface area contributed by atoms with Gasteiger partial charge in [-0.05, 0) is 12.8 Å². The van der Waals surface area contributed by atoms with E-state index < -0.39 is 6.10 Å². The zero-order chi connectivity index (χ0) is 22.8. The fourth-order valence-electron chi connectivity index (χ4n) is 3.86. The Kier molecular flexibility index (Phi) is 25.1. The molecule has 0 aliphatic carbocycles. The summed E-state index contributed by atoms with van der Waals surface area (Å²) in [6.45, 7) is 5.27. The molecule has 0 saturated carbocycles. The third-order valence-corrected chi connectivity index (χ3v) is 5.93. The number of ether oxygens (including phenoxy) is 2. The van der Waals surface area contributed by atoms with Crippen LogP contribution in [-0.4, -0.2) is 37.0 Å². The van der Waals surface area contributed by atoms with Crippen LogP contribution < -0.4 is 0 Å². The molecule has 1 unspecified atom stereocenters. The van der Waals surface area contributed by atoms with Gasteiger partial charge in [0.05, 0.1) is 13.2 Å². The van der Waals surface area contributed by atoms with Crippen LogP contribution in [0.1, 0.15) is 142 Å². The highest BCUT2D eigenvalue weighted by Gasteiger charge is 2.13. The van der Waals surface area contributed by atoms with Crippen LogP contribution >= 0.6 is 0 Å². The number of hydrogen-bond acceptors (Lipinski definition) is 4. The van der Waals surface area contributed by atoms with Crippen LogP contribution in [0, 0.1) is 0 Å². The molecule has 4 heteroatoms. The van der Waals surface area contributed by atoms with E-state index in [0.29, 0.717) is 19.6 Å². The maximum atomic E-state index is 11.8. The summed E-state index contributed by atoms with van der Waals surface area (Å²) in [7, 11) is 0. The number of aliphatic hydroxyl groups excluding tert-OH is 1. The predicted molar refractivity (Wildman–Crippen MR) is 131 cm³/mol. The van der Waals surface area contributed by atoms with Gasteiger partial charge in [0.25, 0.3) is 0 Å². The first-order valence-electron chi connectivity index (χ1n) is 13.6. The summed E-state index contributed by atoms with van der Waals surface area (Å²) < 4.78 is 10.9.